The number of hydrogen-bond acceptors (Lipinski definition) is 7. The average Bonchev–Trinajstić information content (AvgIpc) is 2.66. The largest absolute Gasteiger partial charge is 0.353 e. The molecule has 180 valence electrons. The van der Waals surface area contributed by atoms with Gasteiger partial charge in [-0.15, -0.1) is 0 Å². The smallest absolute Gasteiger partial charge is 0.243 e. The zero-order valence-corrected chi connectivity index (χ0v) is 20.3. The van der Waals surface area contributed by atoms with Crippen LogP contribution in [0.3, 0.4) is 0 Å². The van der Waals surface area contributed by atoms with Crippen molar-refractivity contribution in [1.82, 2.24) is 26.2 Å². The first-order valence-electron chi connectivity index (χ1n) is 10.3. The van der Waals surface area contributed by atoms with Gasteiger partial charge in [0.2, 0.25) is 23.6 Å². The Morgan fingerprint density at radius 1 is 0.968 bits per heavy atom. The summed E-state index contributed by atoms with van der Waals surface area (Å²) in [4.78, 5) is 50.0. The summed E-state index contributed by atoms with van der Waals surface area (Å²) in [7, 11) is 9.82. The number of nitrogens with two attached hydrogens (primary N) is 1. The van der Waals surface area contributed by atoms with Gasteiger partial charge in [-0.05, 0) is 20.5 Å². The monoisotopic (exact) mass is 462 g/mol. The van der Waals surface area contributed by atoms with Gasteiger partial charge in [0.05, 0.1) is 46.8 Å². The summed E-state index contributed by atoms with van der Waals surface area (Å²) in [5.74, 6) is -1.49. The predicted octanol–water partition coefficient (Wildman–Crippen LogP) is -2.88. The molecule has 0 spiro atoms. The molecule has 4 amide bonds. The fraction of sp³-hybridized carbons (Fsp3) is 0.789. The second-order valence-corrected chi connectivity index (χ2v) is 8.99. The predicted molar refractivity (Wildman–Crippen MR) is 123 cm³/mol. The van der Waals surface area contributed by atoms with Crippen LogP contribution in [0.2, 0.25) is 0 Å². The van der Waals surface area contributed by atoms with E-state index in [1.165, 1.54) is 0 Å². The molecule has 0 aliphatic rings. The third-order valence-corrected chi connectivity index (χ3v) is 4.60. The lowest BCUT2D eigenvalue weighted by Gasteiger charge is -2.23. The van der Waals surface area contributed by atoms with Gasteiger partial charge in [0.1, 0.15) is 6.04 Å². The average molecular weight is 463 g/mol. The summed E-state index contributed by atoms with van der Waals surface area (Å²) in [5, 5.41) is 10.5. The van der Waals surface area contributed by atoms with E-state index in [1.807, 2.05) is 40.1 Å². The fourth-order valence-corrected chi connectivity index (χ4v) is 2.55. The highest BCUT2D eigenvalue weighted by Crippen LogP contribution is 1.98. The number of nitrogens with zero attached hydrogens (tertiary/aromatic N) is 2. The Balaban J connectivity index is 4.25. The molecule has 0 aromatic heterocycles. The van der Waals surface area contributed by atoms with Gasteiger partial charge in [0.15, 0.2) is 0 Å². The molecular formula is C19H40N7O4S+. The van der Waals surface area contributed by atoms with E-state index in [0.29, 0.717) is 24.1 Å². The molecule has 0 radical (unpaired) electrons. The maximum atomic E-state index is 12.2. The number of nitrogens with one attached hydrogen (secondary N) is 4. The molecule has 0 rings (SSSR count). The third kappa shape index (κ3) is 15.5. The van der Waals surface area contributed by atoms with Crippen LogP contribution in [0.15, 0.2) is 0 Å². The second-order valence-electron chi connectivity index (χ2n) is 8.62. The summed E-state index contributed by atoms with van der Waals surface area (Å²) < 4.78 is 0.710. The summed E-state index contributed by atoms with van der Waals surface area (Å²) >= 11 is 4.09. The Bertz CT molecular complexity index is 596. The van der Waals surface area contributed by atoms with Crippen molar-refractivity contribution in [2.24, 2.45) is 5.73 Å². The van der Waals surface area contributed by atoms with E-state index in [4.69, 9.17) is 5.73 Å². The summed E-state index contributed by atoms with van der Waals surface area (Å²) in [6, 6.07) is -1.70. The Labute approximate surface area is 190 Å². The maximum absolute atomic E-state index is 12.2. The van der Waals surface area contributed by atoms with Gasteiger partial charge in [0.25, 0.3) is 0 Å². The fourth-order valence-electron chi connectivity index (χ4n) is 2.30. The summed E-state index contributed by atoms with van der Waals surface area (Å²) in [6.45, 7) is 2.22. The minimum atomic E-state index is -0.889. The van der Waals surface area contributed by atoms with E-state index in [9.17, 15) is 19.2 Å². The van der Waals surface area contributed by atoms with Crippen molar-refractivity contribution < 1.29 is 23.7 Å². The molecule has 0 aliphatic carbocycles. The highest BCUT2D eigenvalue weighted by Gasteiger charge is 2.21. The number of rotatable bonds is 15. The van der Waals surface area contributed by atoms with Gasteiger partial charge in [-0.25, -0.2) is 0 Å². The number of quaternary nitrogens is 1. The summed E-state index contributed by atoms with van der Waals surface area (Å²) in [5.41, 5.74) is 5.81. The Morgan fingerprint density at radius 3 is 2.16 bits per heavy atom. The zero-order chi connectivity index (χ0) is 24.0. The molecule has 0 saturated heterocycles. The maximum Gasteiger partial charge on any atom is 0.243 e. The van der Waals surface area contributed by atoms with Gasteiger partial charge in [-0.1, -0.05) is 0 Å². The zero-order valence-electron chi connectivity index (χ0n) is 19.4. The van der Waals surface area contributed by atoms with Crippen LogP contribution in [0.1, 0.15) is 12.8 Å². The van der Waals surface area contributed by atoms with Crippen LogP contribution in [0.5, 0.6) is 0 Å². The van der Waals surface area contributed by atoms with Gasteiger partial charge >= 0.3 is 0 Å². The second kappa shape index (κ2) is 15.0. The van der Waals surface area contributed by atoms with Gasteiger partial charge in [0, 0.05) is 25.3 Å². The first kappa shape index (κ1) is 29.1. The van der Waals surface area contributed by atoms with Crippen molar-refractivity contribution in [1.29, 1.82) is 0 Å². The Hall–Kier alpha value is -1.89. The lowest BCUT2D eigenvalue weighted by atomic mass is 10.1. The van der Waals surface area contributed by atoms with Crippen LogP contribution in [0.4, 0.5) is 0 Å². The first-order valence-corrected chi connectivity index (χ1v) is 10.9. The molecule has 0 heterocycles. The standard InChI is InChI=1S/C19H39N7O4S/c1-25(2)10-8-22-18(29)14(20)6-7-16(27)24-15(13-31)19(30)23-12-17(28)21-9-11-26(3,4)5/h14-15H,6-13,20H2,1-5H3,(H4-,21,22,23,24,27,28,29,30,31)/p+1/t14-,15-/m0/s1. The highest BCUT2D eigenvalue weighted by molar-refractivity contribution is 7.80. The number of carbonyl (C=O) groups excluding carboxylic acids is 4. The quantitative estimate of drug-likeness (QED) is 0.114. The van der Waals surface area contributed by atoms with E-state index < -0.39 is 23.9 Å². The van der Waals surface area contributed by atoms with Crippen LogP contribution < -0.4 is 27.0 Å². The van der Waals surface area contributed by atoms with Crippen molar-refractivity contribution >= 4 is 36.3 Å². The molecule has 31 heavy (non-hydrogen) atoms. The lowest BCUT2D eigenvalue weighted by Crippen LogP contribution is -2.51. The number of hydrogen-bond donors (Lipinski definition) is 6. The molecule has 11 nitrogen and oxygen atoms in total. The number of thiol groups is 1. The van der Waals surface area contributed by atoms with Crippen LogP contribution >= 0.6 is 12.6 Å². The lowest BCUT2D eigenvalue weighted by molar-refractivity contribution is -0.869. The number of likely N-dealkylation sites (N-methyl/N-ethyl adjacent to an activating group) is 2. The van der Waals surface area contributed by atoms with Crippen molar-refractivity contribution in [3.63, 3.8) is 0 Å². The molecule has 2 atom stereocenters. The molecule has 0 unspecified atom stereocenters. The number of amides is 4. The van der Waals surface area contributed by atoms with Crippen LogP contribution in [0.25, 0.3) is 0 Å². The molecule has 12 heteroatoms. The molecule has 0 aliphatic heterocycles. The normalized spacial score (nSPS) is 13.3. The van der Waals surface area contributed by atoms with E-state index in [2.05, 4.69) is 33.9 Å². The van der Waals surface area contributed by atoms with E-state index >= 15 is 0 Å². The molecule has 0 saturated carbocycles. The molecule has 0 aromatic rings. The third-order valence-electron chi connectivity index (χ3n) is 4.24. The van der Waals surface area contributed by atoms with Crippen molar-refractivity contribution in [3.8, 4) is 0 Å². The molecule has 6 N–H and O–H groups in total. The molecule has 0 aromatic carbocycles. The molecule has 0 fully saturated rings. The van der Waals surface area contributed by atoms with Crippen molar-refractivity contribution in [2.45, 2.75) is 24.9 Å². The van der Waals surface area contributed by atoms with Crippen LogP contribution in [0, 0.1) is 0 Å². The van der Waals surface area contributed by atoms with Gasteiger partial charge in [-0.3, -0.25) is 19.2 Å². The Morgan fingerprint density at radius 2 is 1.61 bits per heavy atom. The van der Waals surface area contributed by atoms with E-state index in [1.54, 1.807) is 0 Å². The Kier molecular flexibility index (Phi) is 14.1. The minimum absolute atomic E-state index is 0.00857. The van der Waals surface area contributed by atoms with Crippen molar-refractivity contribution in [3.05, 3.63) is 0 Å². The molecular weight excluding hydrogens is 422 g/mol. The van der Waals surface area contributed by atoms with Crippen LogP contribution in [-0.2, 0) is 19.2 Å². The van der Waals surface area contributed by atoms with Crippen LogP contribution in [-0.4, -0.2) is 119 Å². The SMILES string of the molecule is CN(C)CCNC(=O)[C@@H](N)CCC(=O)N[C@@H](CS)C(=O)NCC(=O)NCC[N+](C)(C)C. The van der Waals surface area contributed by atoms with Gasteiger partial charge < -0.3 is 36.4 Å². The summed E-state index contributed by atoms with van der Waals surface area (Å²) in [6.07, 6.45) is 0.139. The topological polar surface area (TPSA) is 146 Å². The molecule has 0 bridgehead atoms. The van der Waals surface area contributed by atoms with Gasteiger partial charge in [-0.2, -0.15) is 12.6 Å². The minimum Gasteiger partial charge on any atom is -0.353 e. The highest BCUT2D eigenvalue weighted by atomic mass is 32.1. The first-order chi connectivity index (χ1) is 14.4. The number of carbonyl (C=O) groups is 4. The van der Waals surface area contributed by atoms with E-state index in [-0.39, 0.29) is 37.0 Å². The van der Waals surface area contributed by atoms with E-state index in [0.717, 1.165) is 6.54 Å². The van der Waals surface area contributed by atoms with Crippen molar-refractivity contribution in [2.75, 3.05) is 73.7 Å².